The molecule has 6 heteroatoms. The van der Waals surface area contributed by atoms with Gasteiger partial charge in [0.15, 0.2) is 5.13 Å². The number of fused-ring (bicyclic) bond motifs is 2. The summed E-state index contributed by atoms with van der Waals surface area (Å²) in [6.07, 6.45) is 0. The number of piperazine rings is 1. The predicted molar refractivity (Wildman–Crippen MR) is 124 cm³/mol. The van der Waals surface area contributed by atoms with Gasteiger partial charge in [-0.3, -0.25) is 0 Å². The average molecular weight is 417 g/mol. The van der Waals surface area contributed by atoms with Crippen molar-refractivity contribution < 1.29 is 4.79 Å². The van der Waals surface area contributed by atoms with E-state index in [9.17, 15) is 4.79 Å². The lowest BCUT2D eigenvalue weighted by Gasteiger charge is -2.34. The molecule has 0 atom stereocenters. The molecule has 152 valence electrons. The van der Waals surface area contributed by atoms with Gasteiger partial charge in [-0.15, -0.1) is 0 Å². The van der Waals surface area contributed by atoms with Crippen molar-refractivity contribution >= 4 is 43.5 Å². The number of hydrogen-bond acceptors (Lipinski definition) is 4. The third-order valence-corrected chi connectivity index (χ3v) is 6.76. The number of amides is 2. The molecule has 0 unspecified atom stereocenters. The summed E-state index contributed by atoms with van der Waals surface area (Å²) in [5.41, 5.74) is 3.45. The van der Waals surface area contributed by atoms with Gasteiger partial charge in [-0.2, -0.15) is 0 Å². The molecular formula is C24H24N4OS. The van der Waals surface area contributed by atoms with Gasteiger partial charge in [0.25, 0.3) is 0 Å². The molecule has 1 fully saturated rings. The zero-order valence-electron chi connectivity index (χ0n) is 17.0. The summed E-state index contributed by atoms with van der Waals surface area (Å²) >= 11 is 1.73. The minimum Gasteiger partial charge on any atom is -0.345 e. The Balaban J connectivity index is 1.20. The van der Waals surface area contributed by atoms with Crippen LogP contribution in [0.3, 0.4) is 0 Å². The number of aryl methyl sites for hydroxylation is 1. The van der Waals surface area contributed by atoms with E-state index in [2.05, 4.69) is 59.6 Å². The lowest BCUT2D eigenvalue weighted by molar-refractivity contribution is 0.194. The van der Waals surface area contributed by atoms with Crippen LogP contribution >= 0.6 is 11.3 Å². The Labute approximate surface area is 179 Å². The first kappa shape index (κ1) is 18.9. The van der Waals surface area contributed by atoms with Crippen LogP contribution in [0.5, 0.6) is 0 Å². The third kappa shape index (κ3) is 3.71. The SMILES string of the molecule is Cc1ccc2nc(N3CCN(C(=O)NCc4cccc5ccccc45)CC3)sc2c1. The number of urea groups is 1. The van der Waals surface area contributed by atoms with Gasteiger partial charge in [0.05, 0.1) is 10.2 Å². The molecule has 4 aromatic rings. The standard InChI is InChI=1S/C24H24N4OS/c1-17-9-10-21-22(15-17)30-24(26-21)28-13-11-27(12-14-28)23(29)25-16-19-7-4-6-18-5-2-3-8-20(18)19/h2-10,15H,11-14,16H2,1H3,(H,25,29). The molecule has 1 N–H and O–H groups in total. The van der Waals surface area contributed by atoms with Gasteiger partial charge in [0.1, 0.15) is 0 Å². The number of benzene rings is 3. The van der Waals surface area contributed by atoms with E-state index in [1.807, 2.05) is 23.1 Å². The summed E-state index contributed by atoms with van der Waals surface area (Å²) in [7, 11) is 0. The van der Waals surface area contributed by atoms with Crippen LogP contribution in [0.15, 0.2) is 60.7 Å². The minimum atomic E-state index is 0.00232. The molecule has 1 aromatic heterocycles. The molecule has 2 amide bonds. The molecule has 0 spiro atoms. The van der Waals surface area contributed by atoms with Crippen molar-refractivity contribution in [3.05, 3.63) is 71.8 Å². The van der Waals surface area contributed by atoms with E-state index in [0.717, 1.165) is 29.3 Å². The minimum absolute atomic E-state index is 0.00232. The second kappa shape index (κ2) is 7.95. The van der Waals surface area contributed by atoms with Crippen LogP contribution in [0, 0.1) is 6.92 Å². The van der Waals surface area contributed by atoms with E-state index >= 15 is 0 Å². The molecule has 2 heterocycles. The highest BCUT2D eigenvalue weighted by atomic mass is 32.1. The van der Waals surface area contributed by atoms with Gasteiger partial charge in [0.2, 0.25) is 0 Å². The van der Waals surface area contributed by atoms with E-state index in [4.69, 9.17) is 4.98 Å². The van der Waals surface area contributed by atoms with Crippen molar-refractivity contribution in [2.75, 3.05) is 31.1 Å². The number of rotatable bonds is 3. The fourth-order valence-electron chi connectivity index (χ4n) is 3.99. The number of thiazole rings is 1. The number of nitrogens with one attached hydrogen (secondary N) is 1. The lowest BCUT2D eigenvalue weighted by atomic mass is 10.0. The maximum atomic E-state index is 12.7. The third-order valence-electron chi connectivity index (χ3n) is 5.68. The Kier molecular flexibility index (Phi) is 5.01. The highest BCUT2D eigenvalue weighted by Gasteiger charge is 2.23. The molecular weight excluding hydrogens is 392 g/mol. The molecule has 5 rings (SSSR count). The Bertz CT molecular complexity index is 1210. The van der Waals surface area contributed by atoms with Crippen molar-refractivity contribution in [2.45, 2.75) is 13.5 Å². The highest BCUT2D eigenvalue weighted by Crippen LogP contribution is 2.30. The van der Waals surface area contributed by atoms with Gasteiger partial charge in [-0.05, 0) is 41.0 Å². The summed E-state index contributed by atoms with van der Waals surface area (Å²) in [6.45, 7) is 5.67. The largest absolute Gasteiger partial charge is 0.345 e. The van der Waals surface area contributed by atoms with Crippen molar-refractivity contribution in [1.29, 1.82) is 0 Å². The number of carbonyl (C=O) groups excluding carboxylic acids is 1. The van der Waals surface area contributed by atoms with Crippen molar-refractivity contribution in [3.8, 4) is 0 Å². The number of aromatic nitrogens is 1. The molecule has 0 aliphatic carbocycles. The Morgan fingerprint density at radius 3 is 2.70 bits per heavy atom. The number of anilines is 1. The van der Waals surface area contributed by atoms with Gasteiger partial charge in [-0.25, -0.2) is 9.78 Å². The van der Waals surface area contributed by atoms with Crippen LogP contribution in [0.25, 0.3) is 21.0 Å². The molecule has 0 saturated carbocycles. The number of carbonyl (C=O) groups is 1. The molecule has 3 aromatic carbocycles. The topological polar surface area (TPSA) is 48.5 Å². The first-order chi connectivity index (χ1) is 14.7. The Morgan fingerprint density at radius 2 is 1.83 bits per heavy atom. The highest BCUT2D eigenvalue weighted by molar-refractivity contribution is 7.22. The molecule has 1 aliphatic rings. The van der Waals surface area contributed by atoms with Crippen LogP contribution in [-0.2, 0) is 6.54 Å². The maximum absolute atomic E-state index is 12.7. The molecule has 30 heavy (non-hydrogen) atoms. The van der Waals surface area contributed by atoms with Crippen molar-refractivity contribution in [3.63, 3.8) is 0 Å². The van der Waals surface area contributed by atoms with Crippen molar-refractivity contribution in [1.82, 2.24) is 15.2 Å². The van der Waals surface area contributed by atoms with Gasteiger partial charge < -0.3 is 15.1 Å². The normalized spacial score (nSPS) is 14.4. The van der Waals surface area contributed by atoms with Crippen LogP contribution in [-0.4, -0.2) is 42.1 Å². The van der Waals surface area contributed by atoms with Gasteiger partial charge >= 0.3 is 6.03 Å². The number of hydrogen-bond donors (Lipinski definition) is 1. The van der Waals surface area contributed by atoms with Gasteiger partial charge in [0, 0.05) is 32.7 Å². The zero-order valence-corrected chi connectivity index (χ0v) is 17.8. The molecule has 1 saturated heterocycles. The second-order valence-electron chi connectivity index (χ2n) is 7.74. The lowest BCUT2D eigenvalue weighted by Crippen LogP contribution is -2.51. The van der Waals surface area contributed by atoms with E-state index < -0.39 is 0 Å². The quantitative estimate of drug-likeness (QED) is 0.522. The van der Waals surface area contributed by atoms with Crippen LogP contribution in [0.2, 0.25) is 0 Å². The molecule has 0 radical (unpaired) electrons. The average Bonchev–Trinajstić information content (AvgIpc) is 3.20. The van der Waals surface area contributed by atoms with Crippen LogP contribution in [0.1, 0.15) is 11.1 Å². The Morgan fingerprint density at radius 1 is 1.03 bits per heavy atom. The van der Waals surface area contributed by atoms with E-state index in [1.165, 1.54) is 21.0 Å². The van der Waals surface area contributed by atoms with E-state index in [-0.39, 0.29) is 6.03 Å². The summed E-state index contributed by atoms with van der Waals surface area (Å²) in [5.74, 6) is 0. The second-order valence-corrected chi connectivity index (χ2v) is 8.75. The first-order valence-corrected chi connectivity index (χ1v) is 11.1. The molecule has 0 bridgehead atoms. The summed E-state index contributed by atoms with van der Waals surface area (Å²) in [6, 6.07) is 20.9. The summed E-state index contributed by atoms with van der Waals surface area (Å²) in [5, 5.41) is 6.54. The van der Waals surface area contributed by atoms with Crippen molar-refractivity contribution in [2.24, 2.45) is 0 Å². The maximum Gasteiger partial charge on any atom is 0.317 e. The smallest absolute Gasteiger partial charge is 0.317 e. The Hall–Kier alpha value is -3.12. The van der Waals surface area contributed by atoms with Gasteiger partial charge in [-0.1, -0.05) is 59.9 Å². The predicted octanol–water partition coefficient (Wildman–Crippen LogP) is 4.79. The first-order valence-electron chi connectivity index (χ1n) is 10.3. The van der Waals surface area contributed by atoms with E-state index in [0.29, 0.717) is 19.6 Å². The van der Waals surface area contributed by atoms with Crippen LogP contribution < -0.4 is 10.2 Å². The molecule has 1 aliphatic heterocycles. The fourth-order valence-corrected chi connectivity index (χ4v) is 5.10. The van der Waals surface area contributed by atoms with Crippen LogP contribution in [0.4, 0.5) is 9.93 Å². The summed E-state index contributed by atoms with van der Waals surface area (Å²) in [4.78, 5) is 21.7. The zero-order chi connectivity index (χ0) is 20.5. The van der Waals surface area contributed by atoms with E-state index in [1.54, 1.807) is 11.3 Å². The number of nitrogens with zero attached hydrogens (tertiary/aromatic N) is 3. The fraction of sp³-hybridized carbons (Fsp3) is 0.250. The summed E-state index contributed by atoms with van der Waals surface area (Å²) < 4.78 is 1.22. The monoisotopic (exact) mass is 416 g/mol. The molecule has 5 nitrogen and oxygen atoms in total.